The molecule has 0 spiro atoms. The first-order chi connectivity index (χ1) is 7.97. The van der Waals surface area contributed by atoms with Gasteiger partial charge in [0, 0.05) is 16.8 Å². The van der Waals surface area contributed by atoms with Crippen LogP contribution in [0.1, 0.15) is 23.7 Å². The predicted molar refractivity (Wildman–Crippen MR) is 72.7 cm³/mol. The van der Waals surface area contributed by atoms with Crippen LogP contribution in [0, 0.1) is 19.7 Å². The van der Waals surface area contributed by atoms with E-state index in [1.54, 1.807) is 0 Å². The van der Waals surface area contributed by atoms with Gasteiger partial charge in [-0.15, -0.1) is 0 Å². The van der Waals surface area contributed by atoms with Crippen LogP contribution >= 0.6 is 15.9 Å². The minimum Gasteiger partial charge on any atom is -0.398 e. The molecule has 90 valence electrons. The van der Waals surface area contributed by atoms with Gasteiger partial charge in [-0.05, 0) is 53.4 Å². The SMILES string of the molecule is CCc1c(C)nc2c(C)cc(F)c(Br)c2c1N. The summed E-state index contributed by atoms with van der Waals surface area (Å²) in [4.78, 5) is 4.53. The molecule has 0 bridgehead atoms. The van der Waals surface area contributed by atoms with E-state index < -0.39 is 0 Å². The zero-order valence-electron chi connectivity index (χ0n) is 10.1. The summed E-state index contributed by atoms with van der Waals surface area (Å²) in [6.07, 6.45) is 0.794. The van der Waals surface area contributed by atoms with E-state index in [-0.39, 0.29) is 5.82 Å². The monoisotopic (exact) mass is 296 g/mol. The van der Waals surface area contributed by atoms with Crippen LogP contribution in [0.5, 0.6) is 0 Å². The average molecular weight is 297 g/mol. The third kappa shape index (κ3) is 1.80. The largest absolute Gasteiger partial charge is 0.398 e. The van der Waals surface area contributed by atoms with Crippen LogP contribution in [0.25, 0.3) is 10.9 Å². The number of fused-ring (bicyclic) bond motifs is 1. The second-order valence-corrected chi connectivity index (χ2v) is 4.95. The van der Waals surface area contributed by atoms with E-state index in [0.717, 1.165) is 28.8 Å². The van der Waals surface area contributed by atoms with Gasteiger partial charge in [-0.25, -0.2) is 4.39 Å². The van der Waals surface area contributed by atoms with Crippen molar-refractivity contribution < 1.29 is 4.39 Å². The average Bonchev–Trinajstić information content (AvgIpc) is 2.26. The first kappa shape index (κ1) is 12.3. The van der Waals surface area contributed by atoms with E-state index in [1.807, 2.05) is 20.8 Å². The first-order valence-corrected chi connectivity index (χ1v) is 6.29. The van der Waals surface area contributed by atoms with E-state index in [0.29, 0.717) is 15.5 Å². The summed E-state index contributed by atoms with van der Waals surface area (Å²) < 4.78 is 14.1. The molecule has 0 unspecified atom stereocenters. The topological polar surface area (TPSA) is 38.9 Å². The fraction of sp³-hybridized carbons (Fsp3) is 0.308. The molecule has 1 heterocycles. The van der Waals surface area contributed by atoms with Gasteiger partial charge >= 0.3 is 0 Å². The van der Waals surface area contributed by atoms with Crippen molar-refractivity contribution in [2.24, 2.45) is 0 Å². The van der Waals surface area contributed by atoms with Crippen LogP contribution in [0.3, 0.4) is 0 Å². The third-order valence-electron chi connectivity index (χ3n) is 3.05. The summed E-state index contributed by atoms with van der Waals surface area (Å²) in [6, 6.07) is 1.48. The number of anilines is 1. The molecule has 0 saturated carbocycles. The van der Waals surface area contributed by atoms with Crippen LogP contribution < -0.4 is 5.73 Å². The van der Waals surface area contributed by atoms with Crippen molar-refractivity contribution in [1.82, 2.24) is 4.98 Å². The Morgan fingerprint density at radius 1 is 1.41 bits per heavy atom. The second kappa shape index (κ2) is 4.26. The quantitative estimate of drug-likeness (QED) is 0.867. The second-order valence-electron chi connectivity index (χ2n) is 4.16. The molecule has 0 aliphatic rings. The Balaban J connectivity index is 3.02. The Bertz CT molecular complexity index is 608. The molecule has 0 amide bonds. The van der Waals surface area contributed by atoms with Gasteiger partial charge in [0.15, 0.2) is 0 Å². The van der Waals surface area contributed by atoms with Gasteiger partial charge in [0.05, 0.1) is 9.99 Å². The highest BCUT2D eigenvalue weighted by molar-refractivity contribution is 9.10. The molecule has 17 heavy (non-hydrogen) atoms. The Morgan fingerprint density at radius 2 is 2.06 bits per heavy atom. The lowest BCUT2D eigenvalue weighted by Crippen LogP contribution is -2.03. The Hall–Kier alpha value is -1.16. The molecule has 0 radical (unpaired) electrons. The van der Waals surface area contributed by atoms with E-state index >= 15 is 0 Å². The maximum absolute atomic E-state index is 13.7. The number of hydrogen-bond acceptors (Lipinski definition) is 2. The predicted octanol–water partition coefficient (Wildman–Crippen LogP) is 3.90. The molecule has 0 fully saturated rings. The molecule has 4 heteroatoms. The minimum atomic E-state index is -0.297. The van der Waals surface area contributed by atoms with Gasteiger partial charge in [0.2, 0.25) is 0 Å². The molecular weight excluding hydrogens is 283 g/mol. The summed E-state index contributed by atoms with van der Waals surface area (Å²) in [5, 5.41) is 0.685. The number of rotatable bonds is 1. The fourth-order valence-corrected chi connectivity index (χ4v) is 2.68. The zero-order valence-corrected chi connectivity index (χ0v) is 11.7. The number of pyridine rings is 1. The molecule has 2 nitrogen and oxygen atoms in total. The first-order valence-electron chi connectivity index (χ1n) is 5.50. The van der Waals surface area contributed by atoms with E-state index in [2.05, 4.69) is 20.9 Å². The highest BCUT2D eigenvalue weighted by Gasteiger charge is 2.15. The molecular formula is C13H14BrFN2. The lowest BCUT2D eigenvalue weighted by molar-refractivity contribution is 0.622. The van der Waals surface area contributed by atoms with Gasteiger partial charge in [-0.2, -0.15) is 0 Å². The highest BCUT2D eigenvalue weighted by atomic mass is 79.9. The molecule has 2 rings (SSSR count). The number of nitrogen functional groups attached to an aromatic ring is 1. The molecule has 2 aromatic rings. The molecule has 0 aliphatic heterocycles. The Kier molecular flexibility index (Phi) is 3.08. The van der Waals surface area contributed by atoms with Crippen molar-refractivity contribution in [1.29, 1.82) is 0 Å². The molecule has 0 aliphatic carbocycles. The third-order valence-corrected chi connectivity index (χ3v) is 3.82. The molecule has 1 aromatic heterocycles. The molecule has 0 atom stereocenters. The Morgan fingerprint density at radius 3 is 2.65 bits per heavy atom. The van der Waals surface area contributed by atoms with Gasteiger partial charge in [-0.1, -0.05) is 6.92 Å². The standard InChI is InChI=1S/C13H14BrFN2/c1-4-8-7(3)17-13-6(2)5-9(15)11(14)10(13)12(8)16/h5H,4H2,1-3H3,(H2,16,17). The van der Waals surface area contributed by atoms with Crippen molar-refractivity contribution in [3.05, 3.63) is 33.2 Å². The van der Waals surface area contributed by atoms with Crippen LogP contribution in [-0.4, -0.2) is 4.98 Å². The number of nitrogens with zero attached hydrogens (tertiary/aromatic N) is 1. The van der Waals surface area contributed by atoms with Crippen molar-refractivity contribution in [2.45, 2.75) is 27.2 Å². The zero-order chi connectivity index (χ0) is 12.7. The molecule has 1 aromatic carbocycles. The number of nitrogens with two attached hydrogens (primary N) is 1. The maximum atomic E-state index is 13.7. The summed E-state index contributed by atoms with van der Waals surface area (Å²) in [7, 11) is 0. The van der Waals surface area contributed by atoms with Gasteiger partial charge in [0.1, 0.15) is 5.82 Å². The number of halogens is 2. The molecule has 2 N–H and O–H groups in total. The fourth-order valence-electron chi connectivity index (χ4n) is 2.16. The van der Waals surface area contributed by atoms with Crippen LogP contribution in [0.2, 0.25) is 0 Å². The summed E-state index contributed by atoms with van der Waals surface area (Å²) in [5.41, 5.74) is 10.2. The van der Waals surface area contributed by atoms with Crippen molar-refractivity contribution in [3.63, 3.8) is 0 Å². The van der Waals surface area contributed by atoms with Gasteiger partial charge in [-0.3, -0.25) is 4.98 Å². The van der Waals surface area contributed by atoms with E-state index in [9.17, 15) is 4.39 Å². The van der Waals surface area contributed by atoms with Crippen LogP contribution in [0.15, 0.2) is 10.5 Å². The van der Waals surface area contributed by atoms with Crippen molar-refractivity contribution in [2.75, 3.05) is 5.73 Å². The number of aromatic nitrogens is 1. The highest BCUT2D eigenvalue weighted by Crippen LogP contribution is 2.35. The summed E-state index contributed by atoms with van der Waals surface area (Å²) >= 11 is 3.26. The molecule has 0 saturated heterocycles. The number of aryl methyl sites for hydroxylation is 2. The van der Waals surface area contributed by atoms with Gasteiger partial charge < -0.3 is 5.73 Å². The van der Waals surface area contributed by atoms with E-state index in [1.165, 1.54) is 6.07 Å². The smallest absolute Gasteiger partial charge is 0.138 e. The summed E-state index contributed by atoms with van der Waals surface area (Å²) in [6.45, 7) is 5.80. The maximum Gasteiger partial charge on any atom is 0.138 e. The van der Waals surface area contributed by atoms with Gasteiger partial charge in [0.25, 0.3) is 0 Å². The lowest BCUT2D eigenvalue weighted by Gasteiger charge is -2.13. The van der Waals surface area contributed by atoms with Crippen molar-refractivity contribution >= 4 is 32.5 Å². The normalized spacial score (nSPS) is 11.1. The van der Waals surface area contributed by atoms with Crippen LogP contribution in [-0.2, 0) is 6.42 Å². The van der Waals surface area contributed by atoms with E-state index in [4.69, 9.17) is 5.73 Å². The Labute approximate surface area is 108 Å². The number of hydrogen-bond donors (Lipinski definition) is 1. The minimum absolute atomic E-state index is 0.297. The van der Waals surface area contributed by atoms with Crippen LogP contribution in [0.4, 0.5) is 10.1 Å². The summed E-state index contributed by atoms with van der Waals surface area (Å²) in [5.74, 6) is -0.297. The van der Waals surface area contributed by atoms with Crippen molar-refractivity contribution in [3.8, 4) is 0 Å². The lowest BCUT2D eigenvalue weighted by atomic mass is 10.0. The number of benzene rings is 1.